The Morgan fingerprint density at radius 3 is 2.55 bits per heavy atom. The second-order valence-electron chi connectivity index (χ2n) is 7.89. The van der Waals surface area contributed by atoms with E-state index in [0.29, 0.717) is 17.3 Å². The number of amides is 2. The van der Waals surface area contributed by atoms with Gasteiger partial charge in [-0.3, -0.25) is 9.59 Å². The van der Waals surface area contributed by atoms with Gasteiger partial charge < -0.3 is 15.0 Å². The van der Waals surface area contributed by atoms with Crippen molar-refractivity contribution in [3.05, 3.63) is 63.6 Å². The lowest BCUT2D eigenvalue weighted by Gasteiger charge is -2.31. The zero-order valence-electron chi connectivity index (χ0n) is 17.7. The SMILES string of the molecule is CC(C(=O)NC1CCCCC1)N(Cc1ccccc1)C(=O)COc1ccc(Br)cc1Cl. The largest absolute Gasteiger partial charge is 0.482 e. The molecule has 2 amide bonds. The van der Waals surface area contributed by atoms with E-state index in [9.17, 15) is 9.59 Å². The molecule has 166 valence electrons. The van der Waals surface area contributed by atoms with E-state index in [1.807, 2.05) is 30.3 Å². The van der Waals surface area contributed by atoms with Gasteiger partial charge in [0.15, 0.2) is 6.61 Å². The van der Waals surface area contributed by atoms with E-state index >= 15 is 0 Å². The van der Waals surface area contributed by atoms with Crippen LogP contribution in [-0.2, 0) is 16.1 Å². The summed E-state index contributed by atoms with van der Waals surface area (Å²) in [6.07, 6.45) is 5.48. The predicted octanol–water partition coefficient (Wildman–Crippen LogP) is 5.35. The van der Waals surface area contributed by atoms with Crippen molar-refractivity contribution in [2.24, 2.45) is 0 Å². The Morgan fingerprint density at radius 1 is 1.16 bits per heavy atom. The van der Waals surface area contributed by atoms with Crippen molar-refractivity contribution < 1.29 is 14.3 Å². The van der Waals surface area contributed by atoms with Crippen molar-refractivity contribution in [3.8, 4) is 5.75 Å². The first-order valence-corrected chi connectivity index (χ1v) is 11.8. The average Bonchev–Trinajstić information content (AvgIpc) is 2.77. The molecule has 1 saturated carbocycles. The number of hydrogen-bond donors (Lipinski definition) is 1. The highest BCUT2D eigenvalue weighted by molar-refractivity contribution is 9.10. The summed E-state index contributed by atoms with van der Waals surface area (Å²) >= 11 is 9.55. The van der Waals surface area contributed by atoms with E-state index in [0.717, 1.165) is 35.7 Å². The monoisotopic (exact) mass is 506 g/mol. The number of nitrogens with zero attached hydrogens (tertiary/aromatic N) is 1. The summed E-state index contributed by atoms with van der Waals surface area (Å²) in [5.41, 5.74) is 0.954. The third-order valence-corrected chi connectivity index (χ3v) is 6.35. The first-order chi connectivity index (χ1) is 14.9. The summed E-state index contributed by atoms with van der Waals surface area (Å²) in [5.74, 6) is 0.0316. The van der Waals surface area contributed by atoms with Crippen LogP contribution in [-0.4, -0.2) is 35.4 Å². The molecule has 1 N–H and O–H groups in total. The molecule has 7 heteroatoms. The first-order valence-electron chi connectivity index (χ1n) is 10.7. The Kier molecular flexibility index (Phi) is 8.79. The second-order valence-corrected chi connectivity index (χ2v) is 9.21. The maximum Gasteiger partial charge on any atom is 0.261 e. The molecule has 1 aliphatic rings. The molecule has 5 nitrogen and oxygen atoms in total. The van der Waals surface area contributed by atoms with Crippen LogP contribution in [0.2, 0.25) is 5.02 Å². The second kappa shape index (κ2) is 11.5. The molecule has 0 aromatic heterocycles. The van der Waals surface area contributed by atoms with Gasteiger partial charge >= 0.3 is 0 Å². The van der Waals surface area contributed by atoms with Crippen LogP contribution in [0.3, 0.4) is 0 Å². The van der Waals surface area contributed by atoms with Crippen LogP contribution in [0.5, 0.6) is 5.75 Å². The van der Waals surface area contributed by atoms with Crippen molar-refractivity contribution in [1.29, 1.82) is 0 Å². The minimum atomic E-state index is -0.612. The van der Waals surface area contributed by atoms with Crippen molar-refractivity contribution >= 4 is 39.3 Å². The Bertz CT molecular complexity index is 888. The zero-order valence-corrected chi connectivity index (χ0v) is 20.0. The minimum absolute atomic E-state index is 0.127. The van der Waals surface area contributed by atoms with Gasteiger partial charge in [0.1, 0.15) is 11.8 Å². The van der Waals surface area contributed by atoms with E-state index in [-0.39, 0.29) is 24.5 Å². The highest BCUT2D eigenvalue weighted by Crippen LogP contribution is 2.28. The quantitative estimate of drug-likeness (QED) is 0.524. The fourth-order valence-electron chi connectivity index (χ4n) is 3.75. The molecule has 0 saturated heterocycles. The van der Waals surface area contributed by atoms with Crippen LogP contribution < -0.4 is 10.1 Å². The van der Waals surface area contributed by atoms with Gasteiger partial charge in [-0.25, -0.2) is 0 Å². The number of benzene rings is 2. The Labute approximate surface area is 197 Å². The van der Waals surface area contributed by atoms with Gasteiger partial charge in [-0.2, -0.15) is 0 Å². The number of ether oxygens (including phenoxy) is 1. The topological polar surface area (TPSA) is 58.6 Å². The van der Waals surface area contributed by atoms with Crippen LogP contribution in [0.4, 0.5) is 0 Å². The third-order valence-electron chi connectivity index (χ3n) is 5.56. The molecule has 0 spiro atoms. The molecule has 2 aromatic rings. The molecule has 0 radical (unpaired) electrons. The molecule has 0 bridgehead atoms. The average molecular weight is 508 g/mol. The molecular formula is C24H28BrClN2O3. The van der Waals surface area contributed by atoms with Gasteiger partial charge in [0.2, 0.25) is 5.91 Å². The van der Waals surface area contributed by atoms with Gasteiger partial charge in [-0.05, 0) is 43.5 Å². The molecule has 2 aromatic carbocycles. The van der Waals surface area contributed by atoms with Gasteiger partial charge in [0, 0.05) is 17.1 Å². The smallest absolute Gasteiger partial charge is 0.261 e. The molecule has 31 heavy (non-hydrogen) atoms. The Hall–Kier alpha value is -2.05. The molecule has 0 heterocycles. The molecular weight excluding hydrogens is 480 g/mol. The van der Waals surface area contributed by atoms with Crippen LogP contribution in [0, 0.1) is 0 Å². The summed E-state index contributed by atoms with van der Waals surface area (Å²) in [5, 5.41) is 3.55. The number of carbonyl (C=O) groups is 2. The number of hydrogen-bond acceptors (Lipinski definition) is 3. The van der Waals surface area contributed by atoms with Crippen LogP contribution in [0.1, 0.15) is 44.6 Å². The number of rotatable bonds is 8. The molecule has 1 unspecified atom stereocenters. The van der Waals surface area contributed by atoms with E-state index in [1.54, 1.807) is 30.0 Å². The summed E-state index contributed by atoms with van der Waals surface area (Å²) in [7, 11) is 0. The predicted molar refractivity (Wildman–Crippen MR) is 126 cm³/mol. The minimum Gasteiger partial charge on any atom is -0.482 e. The fourth-order valence-corrected chi connectivity index (χ4v) is 4.47. The Morgan fingerprint density at radius 2 is 1.87 bits per heavy atom. The van der Waals surface area contributed by atoms with E-state index < -0.39 is 6.04 Å². The highest BCUT2D eigenvalue weighted by Gasteiger charge is 2.28. The van der Waals surface area contributed by atoms with Crippen LogP contribution in [0.25, 0.3) is 0 Å². The standard InChI is InChI=1S/C24H28BrClN2O3/c1-17(24(30)27-20-10-6-3-7-11-20)28(15-18-8-4-2-5-9-18)23(29)16-31-22-13-12-19(25)14-21(22)26/h2,4-5,8-9,12-14,17,20H,3,6-7,10-11,15-16H2,1H3,(H,27,30). The van der Waals surface area contributed by atoms with Crippen LogP contribution >= 0.6 is 27.5 Å². The maximum absolute atomic E-state index is 13.1. The lowest BCUT2D eigenvalue weighted by Crippen LogP contribution is -2.51. The summed E-state index contributed by atoms with van der Waals surface area (Å²) in [6, 6.07) is 14.4. The van der Waals surface area contributed by atoms with E-state index in [1.165, 1.54) is 6.42 Å². The zero-order chi connectivity index (χ0) is 22.2. The summed E-state index contributed by atoms with van der Waals surface area (Å²) < 4.78 is 6.51. The first kappa shape index (κ1) is 23.6. The van der Waals surface area contributed by atoms with Gasteiger partial charge in [-0.15, -0.1) is 0 Å². The number of nitrogens with one attached hydrogen (secondary N) is 1. The highest BCUT2D eigenvalue weighted by atomic mass is 79.9. The normalized spacial score (nSPS) is 15.2. The lowest BCUT2D eigenvalue weighted by atomic mass is 9.95. The molecule has 0 aliphatic heterocycles. The molecule has 1 atom stereocenters. The third kappa shape index (κ3) is 6.97. The van der Waals surface area contributed by atoms with Gasteiger partial charge in [-0.1, -0.05) is 77.1 Å². The van der Waals surface area contributed by atoms with Gasteiger partial charge in [0.25, 0.3) is 5.91 Å². The van der Waals surface area contributed by atoms with Crippen molar-refractivity contribution in [3.63, 3.8) is 0 Å². The number of halogens is 2. The lowest BCUT2D eigenvalue weighted by molar-refractivity contribution is -0.142. The van der Waals surface area contributed by atoms with E-state index in [4.69, 9.17) is 16.3 Å². The molecule has 3 rings (SSSR count). The molecule has 1 fully saturated rings. The Balaban J connectivity index is 1.69. The van der Waals surface area contributed by atoms with Gasteiger partial charge in [0.05, 0.1) is 5.02 Å². The van der Waals surface area contributed by atoms with E-state index in [2.05, 4.69) is 21.2 Å². The molecule has 1 aliphatic carbocycles. The number of carbonyl (C=O) groups excluding carboxylic acids is 2. The maximum atomic E-state index is 13.1. The fraction of sp³-hybridized carbons (Fsp3) is 0.417. The summed E-state index contributed by atoms with van der Waals surface area (Å²) in [6.45, 7) is 1.90. The van der Waals surface area contributed by atoms with Crippen molar-refractivity contribution in [2.45, 2.75) is 57.7 Å². The van der Waals surface area contributed by atoms with Crippen molar-refractivity contribution in [2.75, 3.05) is 6.61 Å². The van der Waals surface area contributed by atoms with Crippen LogP contribution in [0.15, 0.2) is 53.0 Å². The summed E-state index contributed by atoms with van der Waals surface area (Å²) in [4.78, 5) is 27.6. The van der Waals surface area contributed by atoms with Crippen molar-refractivity contribution in [1.82, 2.24) is 10.2 Å².